The molecule has 6 nitrogen and oxygen atoms in total. The molecular weight excluding hydrogens is 400 g/mol. The number of carbonyl (C=O) groups is 2. The third-order valence-electron chi connectivity index (χ3n) is 6.92. The molecule has 2 saturated heterocycles. The zero-order chi connectivity index (χ0) is 22.6. The largest absolute Gasteiger partial charge is 0.324 e. The van der Waals surface area contributed by atoms with Crippen molar-refractivity contribution in [1.82, 2.24) is 14.7 Å². The summed E-state index contributed by atoms with van der Waals surface area (Å²) in [7, 11) is 2.17. The maximum absolute atomic E-state index is 13.2. The average molecular weight is 435 g/mol. The predicted molar refractivity (Wildman–Crippen MR) is 128 cm³/mol. The second kappa shape index (κ2) is 9.84. The third-order valence-corrected chi connectivity index (χ3v) is 6.92. The Morgan fingerprint density at radius 1 is 0.938 bits per heavy atom. The monoisotopic (exact) mass is 434 g/mol. The van der Waals surface area contributed by atoms with E-state index in [1.54, 1.807) is 17.0 Å². The van der Waals surface area contributed by atoms with E-state index in [4.69, 9.17) is 0 Å². The summed E-state index contributed by atoms with van der Waals surface area (Å²) in [6.07, 6.45) is 2.50. The molecule has 2 amide bonds. The number of likely N-dealkylation sites (tertiary alicyclic amines) is 1. The number of amides is 2. The molecule has 2 aromatic carbocycles. The molecule has 1 atom stereocenters. The summed E-state index contributed by atoms with van der Waals surface area (Å²) < 4.78 is 0. The van der Waals surface area contributed by atoms with Gasteiger partial charge in [-0.1, -0.05) is 30.3 Å². The Morgan fingerprint density at radius 2 is 1.62 bits per heavy atom. The van der Waals surface area contributed by atoms with E-state index in [1.165, 1.54) is 5.56 Å². The van der Waals surface area contributed by atoms with Crippen LogP contribution in [-0.2, 0) is 11.2 Å². The van der Waals surface area contributed by atoms with E-state index in [9.17, 15) is 9.59 Å². The first-order valence-electron chi connectivity index (χ1n) is 11.6. The smallest absolute Gasteiger partial charge is 0.254 e. The number of piperazine rings is 1. The van der Waals surface area contributed by atoms with Gasteiger partial charge in [0.15, 0.2) is 0 Å². The lowest BCUT2D eigenvalue weighted by atomic mass is 9.96. The first kappa shape index (κ1) is 22.5. The van der Waals surface area contributed by atoms with Gasteiger partial charge in [-0.05, 0) is 63.1 Å². The van der Waals surface area contributed by atoms with Gasteiger partial charge < -0.3 is 20.0 Å². The van der Waals surface area contributed by atoms with Crippen LogP contribution in [0.5, 0.6) is 0 Å². The average Bonchev–Trinajstić information content (AvgIpc) is 3.22. The van der Waals surface area contributed by atoms with E-state index < -0.39 is 5.54 Å². The number of rotatable bonds is 6. The minimum Gasteiger partial charge on any atom is -0.324 e. The standard InChI is InChI=1S/C26H34N4O2/c1-26(14-6-15-30(26)24(31)22-7-4-3-5-8-22)25(32)27-23-11-9-21(10-12-23)13-16-29-19-17-28(2)18-20-29/h3-5,7-12H,6,13-20H2,1-2H3,(H,27,32). The van der Waals surface area contributed by atoms with Crippen LogP contribution >= 0.6 is 0 Å². The van der Waals surface area contributed by atoms with Gasteiger partial charge in [-0.2, -0.15) is 0 Å². The van der Waals surface area contributed by atoms with Gasteiger partial charge >= 0.3 is 0 Å². The van der Waals surface area contributed by atoms with Crippen LogP contribution in [-0.4, -0.2) is 78.4 Å². The number of anilines is 1. The molecule has 0 spiro atoms. The molecule has 2 aliphatic rings. The van der Waals surface area contributed by atoms with Gasteiger partial charge in [-0.25, -0.2) is 0 Å². The summed E-state index contributed by atoms with van der Waals surface area (Å²) in [6, 6.07) is 17.3. The van der Waals surface area contributed by atoms with Crippen molar-refractivity contribution in [3.63, 3.8) is 0 Å². The zero-order valence-corrected chi connectivity index (χ0v) is 19.2. The van der Waals surface area contributed by atoms with Crippen LogP contribution < -0.4 is 5.32 Å². The molecule has 0 aromatic heterocycles. The highest BCUT2D eigenvalue weighted by atomic mass is 16.2. The van der Waals surface area contributed by atoms with E-state index in [0.29, 0.717) is 18.5 Å². The molecule has 2 heterocycles. The SMILES string of the molecule is CN1CCN(CCc2ccc(NC(=O)C3(C)CCCN3C(=O)c3ccccc3)cc2)CC1. The maximum Gasteiger partial charge on any atom is 0.254 e. The van der Waals surface area contributed by atoms with Crippen molar-refractivity contribution >= 4 is 17.5 Å². The lowest BCUT2D eigenvalue weighted by molar-refractivity contribution is -0.124. The first-order chi connectivity index (χ1) is 15.5. The van der Waals surface area contributed by atoms with Crippen molar-refractivity contribution in [3.05, 3.63) is 65.7 Å². The van der Waals surface area contributed by atoms with Gasteiger partial charge in [0.2, 0.25) is 5.91 Å². The van der Waals surface area contributed by atoms with Crippen molar-refractivity contribution < 1.29 is 9.59 Å². The molecule has 0 bridgehead atoms. The van der Waals surface area contributed by atoms with Crippen LogP contribution in [0, 0.1) is 0 Å². The Labute approximate surface area is 191 Å². The molecule has 6 heteroatoms. The Bertz CT molecular complexity index is 923. The number of nitrogens with one attached hydrogen (secondary N) is 1. The molecular formula is C26H34N4O2. The van der Waals surface area contributed by atoms with Gasteiger partial charge in [0.05, 0.1) is 0 Å². The number of likely N-dealkylation sites (N-methyl/N-ethyl adjacent to an activating group) is 1. The number of hydrogen-bond acceptors (Lipinski definition) is 4. The maximum atomic E-state index is 13.2. The summed E-state index contributed by atoms with van der Waals surface area (Å²) in [5, 5.41) is 3.05. The molecule has 0 saturated carbocycles. The van der Waals surface area contributed by atoms with Crippen molar-refractivity contribution in [2.75, 3.05) is 51.6 Å². The highest BCUT2D eigenvalue weighted by molar-refractivity contribution is 6.03. The van der Waals surface area contributed by atoms with Crippen molar-refractivity contribution in [3.8, 4) is 0 Å². The van der Waals surface area contributed by atoms with Crippen LogP contribution in [0.4, 0.5) is 5.69 Å². The van der Waals surface area contributed by atoms with Crippen molar-refractivity contribution in [2.45, 2.75) is 31.7 Å². The van der Waals surface area contributed by atoms with Crippen LogP contribution in [0.1, 0.15) is 35.7 Å². The Kier molecular flexibility index (Phi) is 6.92. The van der Waals surface area contributed by atoms with E-state index in [0.717, 1.165) is 51.3 Å². The molecule has 4 rings (SSSR count). The number of nitrogens with zero attached hydrogens (tertiary/aromatic N) is 3. The molecule has 1 unspecified atom stereocenters. The number of hydrogen-bond donors (Lipinski definition) is 1. The fraction of sp³-hybridized carbons (Fsp3) is 0.462. The molecule has 1 N–H and O–H groups in total. The zero-order valence-electron chi connectivity index (χ0n) is 19.2. The Morgan fingerprint density at radius 3 is 2.31 bits per heavy atom. The first-order valence-corrected chi connectivity index (χ1v) is 11.6. The number of carbonyl (C=O) groups excluding carboxylic acids is 2. The van der Waals surface area contributed by atoms with Gasteiger partial charge in [0.25, 0.3) is 5.91 Å². The topological polar surface area (TPSA) is 55.9 Å². The molecule has 2 fully saturated rings. The fourth-order valence-electron chi connectivity index (χ4n) is 4.64. The fourth-order valence-corrected chi connectivity index (χ4v) is 4.64. The summed E-state index contributed by atoms with van der Waals surface area (Å²) in [6.45, 7) is 8.06. The van der Waals surface area contributed by atoms with Crippen LogP contribution in [0.25, 0.3) is 0 Å². The second-order valence-corrected chi connectivity index (χ2v) is 9.25. The minimum absolute atomic E-state index is 0.0833. The summed E-state index contributed by atoms with van der Waals surface area (Å²) in [4.78, 5) is 32.8. The van der Waals surface area contributed by atoms with Gasteiger partial charge in [-0.15, -0.1) is 0 Å². The lowest BCUT2D eigenvalue weighted by Gasteiger charge is -2.34. The molecule has 0 radical (unpaired) electrons. The van der Waals surface area contributed by atoms with Crippen molar-refractivity contribution in [1.29, 1.82) is 0 Å². The number of benzene rings is 2. The van der Waals surface area contributed by atoms with Crippen molar-refractivity contribution in [2.24, 2.45) is 0 Å². The molecule has 0 aliphatic carbocycles. The quantitative estimate of drug-likeness (QED) is 0.759. The van der Waals surface area contributed by atoms with Gasteiger partial charge in [-0.3, -0.25) is 9.59 Å². The Balaban J connectivity index is 1.35. The summed E-state index contributed by atoms with van der Waals surface area (Å²) in [5.74, 6) is -0.204. The van der Waals surface area contributed by atoms with Gasteiger partial charge in [0.1, 0.15) is 5.54 Å². The molecule has 2 aliphatic heterocycles. The third kappa shape index (κ3) is 5.03. The Hall–Kier alpha value is -2.70. The van der Waals surface area contributed by atoms with E-state index >= 15 is 0 Å². The normalized spacial score (nSPS) is 22.1. The predicted octanol–water partition coefficient (Wildman–Crippen LogP) is 3.11. The van der Waals surface area contributed by atoms with E-state index in [-0.39, 0.29) is 11.8 Å². The summed E-state index contributed by atoms with van der Waals surface area (Å²) in [5.41, 5.74) is 1.83. The molecule has 32 heavy (non-hydrogen) atoms. The van der Waals surface area contributed by atoms with Crippen LogP contribution in [0.15, 0.2) is 54.6 Å². The highest BCUT2D eigenvalue weighted by Gasteiger charge is 2.45. The lowest BCUT2D eigenvalue weighted by Crippen LogP contribution is -2.53. The minimum atomic E-state index is -0.840. The molecule has 2 aromatic rings. The summed E-state index contributed by atoms with van der Waals surface area (Å²) >= 11 is 0. The van der Waals surface area contributed by atoms with E-state index in [1.807, 2.05) is 37.3 Å². The van der Waals surface area contributed by atoms with Crippen LogP contribution in [0.3, 0.4) is 0 Å². The van der Waals surface area contributed by atoms with Gasteiger partial charge in [0, 0.05) is 50.5 Å². The second-order valence-electron chi connectivity index (χ2n) is 9.25. The van der Waals surface area contributed by atoms with E-state index in [2.05, 4.69) is 34.3 Å². The molecule has 170 valence electrons. The van der Waals surface area contributed by atoms with Crippen LogP contribution in [0.2, 0.25) is 0 Å². The highest BCUT2D eigenvalue weighted by Crippen LogP contribution is 2.32.